The number of nitrogens with one attached hydrogen (secondary N) is 1. The first-order valence-corrected chi connectivity index (χ1v) is 10.5. The lowest BCUT2D eigenvalue weighted by atomic mass is 9.61. The Bertz CT molecular complexity index is 791. The minimum absolute atomic E-state index is 0.00308. The van der Waals surface area contributed by atoms with Crippen molar-refractivity contribution in [3.05, 3.63) is 16.8 Å². The van der Waals surface area contributed by atoms with Gasteiger partial charge in [-0.15, -0.1) is 0 Å². The maximum Gasteiger partial charge on any atom is 0.311 e. The Morgan fingerprint density at radius 1 is 1.32 bits per heavy atom. The van der Waals surface area contributed by atoms with Crippen molar-refractivity contribution < 1.29 is 13.9 Å². The average molecular weight is 409 g/mol. The van der Waals surface area contributed by atoms with E-state index in [0.717, 1.165) is 38.5 Å². The van der Waals surface area contributed by atoms with Gasteiger partial charge in [0.1, 0.15) is 0 Å². The number of esters is 1. The van der Waals surface area contributed by atoms with E-state index in [2.05, 4.69) is 20.3 Å². The highest BCUT2D eigenvalue weighted by Crippen LogP contribution is 2.49. The molecule has 1 N–H and O–H groups in total. The molecule has 1 aromatic rings. The van der Waals surface area contributed by atoms with E-state index >= 15 is 4.39 Å². The molecule has 4 aliphatic rings. The van der Waals surface area contributed by atoms with Gasteiger partial charge in [-0.1, -0.05) is 0 Å². The van der Waals surface area contributed by atoms with Gasteiger partial charge in [0.15, 0.2) is 11.6 Å². The second kappa shape index (κ2) is 7.58. The van der Waals surface area contributed by atoms with Gasteiger partial charge in [0, 0.05) is 19.3 Å². The van der Waals surface area contributed by atoms with Crippen LogP contribution in [0.25, 0.3) is 0 Å². The van der Waals surface area contributed by atoms with Crippen LogP contribution >= 0.6 is 11.6 Å². The van der Waals surface area contributed by atoms with Crippen LogP contribution < -0.4 is 5.32 Å². The number of anilines is 1. The van der Waals surface area contributed by atoms with E-state index in [-0.39, 0.29) is 40.6 Å². The summed E-state index contributed by atoms with van der Waals surface area (Å²) >= 11 is 6.14. The van der Waals surface area contributed by atoms with E-state index in [4.69, 9.17) is 16.3 Å². The van der Waals surface area contributed by atoms with E-state index in [1.165, 1.54) is 0 Å². The number of hydrogen-bond acceptors (Lipinski definition) is 6. The largest absolute Gasteiger partial charge is 0.466 e. The zero-order valence-electron chi connectivity index (χ0n) is 16.3. The molecule has 2 bridgehead atoms. The van der Waals surface area contributed by atoms with E-state index in [0.29, 0.717) is 12.5 Å². The molecule has 1 heterocycles. The molecule has 4 aliphatic carbocycles. The van der Waals surface area contributed by atoms with Crippen LogP contribution in [0.3, 0.4) is 0 Å². The second-order valence-electron chi connectivity index (χ2n) is 8.17. The van der Waals surface area contributed by atoms with Crippen molar-refractivity contribution >= 4 is 29.6 Å². The molecule has 0 amide bonds. The van der Waals surface area contributed by atoms with Crippen molar-refractivity contribution in [2.45, 2.75) is 56.9 Å². The summed E-state index contributed by atoms with van der Waals surface area (Å²) in [4.78, 5) is 25.0. The summed E-state index contributed by atoms with van der Waals surface area (Å²) in [5.41, 5.74) is -0.206. The smallest absolute Gasteiger partial charge is 0.311 e. The predicted octanol–water partition coefficient (Wildman–Crippen LogP) is 3.78. The van der Waals surface area contributed by atoms with Gasteiger partial charge in [0.2, 0.25) is 5.28 Å². The summed E-state index contributed by atoms with van der Waals surface area (Å²) in [6, 6.07) is -0.199. The van der Waals surface area contributed by atoms with Gasteiger partial charge in [0.05, 0.1) is 23.6 Å². The fraction of sp³-hybridized carbons (Fsp3) is 0.700. The lowest BCUT2D eigenvalue weighted by Crippen LogP contribution is -2.52. The topological polar surface area (TPSA) is 76.5 Å². The molecule has 1 aromatic heterocycles. The van der Waals surface area contributed by atoms with Gasteiger partial charge >= 0.3 is 5.97 Å². The number of hydrogen-bond donors (Lipinski definition) is 1. The third kappa shape index (κ3) is 3.38. The van der Waals surface area contributed by atoms with E-state index in [1.807, 2.05) is 6.92 Å². The van der Waals surface area contributed by atoms with E-state index in [9.17, 15) is 4.79 Å². The van der Waals surface area contributed by atoms with Crippen molar-refractivity contribution in [2.75, 3.05) is 19.0 Å². The number of halogens is 2. The zero-order chi connectivity index (χ0) is 19.9. The molecule has 6 nitrogen and oxygen atoms in total. The number of carbonyl (C=O) groups is 1. The highest BCUT2D eigenvalue weighted by molar-refractivity contribution is 6.28. The van der Waals surface area contributed by atoms with Gasteiger partial charge in [0.25, 0.3) is 0 Å². The lowest BCUT2D eigenvalue weighted by Gasteiger charge is -2.47. The molecule has 4 saturated carbocycles. The van der Waals surface area contributed by atoms with Crippen LogP contribution in [0.15, 0.2) is 4.99 Å². The Labute approximate surface area is 169 Å². The van der Waals surface area contributed by atoms with Crippen molar-refractivity contribution in [3.63, 3.8) is 0 Å². The third-order valence-electron chi connectivity index (χ3n) is 6.54. The van der Waals surface area contributed by atoms with Crippen LogP contribution in [-0.2, 0) is 14.9 Å². The van der Waals surface area contributed by atoms with Gasteiger partial charge in [-0.05, 0) is 68.9 Å². The molecule has 0 aliphatic heterocycles. The van der Waals surface area contributed by atoms with E-state index in [1.54, 1.807) is 13.3 Å². The van der Waals surface area contributed by atoms with Crippen LogP contribution in [0.2, 0.25) is 5.28 Å². The molecular formula is C20H26ClFN4O2. The molecule has 0 radical (unpaired) electrons. The summed E-state index contributed by atoms with van der Waals surface area (Å²) in [6.45, 7) is 2.15. The Kier molecular flexibility index (Phi) is 5.29. The summed E-state index contributed by atoms with van der Waals surface area (Å²) in [6.07, 6.45) is 7.39. The van der Waals surface area contributed by atoms with Gasteiger partial charge in [-0.3, -0.25) is 9.79 Å². The molecular weight excluding hydrogens is 383 g/mol. The predicted molar refractivity (Wildman–Crippen MR) is 105 cm³/mol. The second-order valence-corrected chi connectivity index (χ2v) is 8.51. The highest BCUT2D eigenvalue weighted by atomic mass is 35.5. The summed E-state index contributed by atoms with van der Waals surface area (Å²) in [7, 11) is 1.67. The van der Waals surface area contributed by atoms with E-state index < -0.39 is 11.2 Å². The van der Waals surface area contributed by atoms with Gasteiger partial charge in [-0.2, -0.15) is 4.98 Å². The lowest BCUT2D eigenvalue weighted by molar-refractivity contribution is -0.154. The molecule has 0 spiro atoms. The number of aliphatic imine (C=N–C) groups is 1. The molecule has 8 heteroatoms. The third-order valence-corrected chi connectivity index (χ3v) is 6.71. The monoisotopic (exact) mass is 408 g/mol. The molecule has 0 unspecified atom stereocenters. The summed E-state index contributed by atoms with van der Waals surface area (Å²) < 4.78 is 20.7. The fourth-order valence-corrected chi connectivity index (χ4v) is 5.22. The molecule has 28 heavy (non-hydrogen) atoms. The Balaban J connectivity index is 1.66. The molecule has 2 atom stereocenters. The fourth-order valence-electron chi connectivity index (χ4n) is 5.05. The minimum atomic E-state index is -0.495. The van der Waals surface area contributed by atoms with Crippen LogP contribution in [0.5, 0.6) is 0 Å². The quantitative estimate of drug-likeness (QED) is 0.440. The first-order valence-electron chi connectivity index (χ1n) is 10.1. The highest BCUT2D eigenvalue weighted by Gasteiger charge is 2.50. The van der Waals surface area contributed by atoms with Crippen molar-refractivity contribution in [1.82, 2.24) is 9.97 Å². The van der Waals surface area contributed by atoms with Crippen LogP contribution in [0, 0.1) is 23.6 Å². The van der Waals surface area contributed by atoms with Crippen LogP contribution in [-0.4, -0.2) is 41.8 Å². The molecule has 152 valence electrons. The number of aromatic nitrogens is 2. The zero-order valence-corrected chi connectivity index (χ0v) is 17.0. The van der Waals surface area contributed by atoms with Gasteiger partial charge in [-0.25, -0.2) is 9.37 Å². The molecule has 0 aromatic carbocycles. The normalized spacial score (nSPS) is 30.4. The number of rotatable bonds is 6. The standard InChI is InChI=1S/C20H26ClFN4O2/c1-3-28-18(27)13-11-4-6-12(7-5-11)15(13)24-17-14(22)16(25-19(21)26-17)20(8-9-20)10-23-2/h10-13,15H,3-9H2,1-2H3,(H,24,25,26)/t11?,12?,13-,15-/m0/s1. The number of carbonyl (C=O) groups excluding carboxylic acids is 1. The molecule has 0 saturated heterocycles. The molecule has 4 fully saturated rings. The number of fused-ring (bicyclic) bond motifs is 3. The first-order chi connectivity index (χ1) is 13.5. The average Bonchev–Trinajstić information content (AvgIpc) is 3.46. The van der Waals surface area contributed by atoms with Crippen molar-refractivity contribution in [2.24, 2.45) is 22.7 Å². The Morgan fingerprint density at radius 2 is 2.00 bits per heavy atom. The maximum absolute atomic E-state index is 15.4. The maximum atomic E-state index is 15.4. The van der Waals surface area contributed by atoms with Crippen LogP contribution in [0.4, 0.5) is 10.2 Å². The Morgan fingerprint density at radius 3 is 2.61 bits per heavy atom. The van der Waals surface area contributed by atoms with Crippen molar-refractivity contribution in [3.8, 4) is 0 Å². The first kappa shape index (κ1) is 19.6. The van der Waals surface area contributed by atoms with Gasteiger partial charge < -0.3 is 10.1 Å². The number of ether oxygens (including phenoxy) is 1. The molecule has 5 rings (SSSR count). The summed E-state index contributed by atoms with van der Waals surface area (Å²) in [5, 5.41) is 3.24. The van der Waals surface area contributed by atoms with Crippen molar-refractivity contribution in [1.29, 1.82) is 0 Å². The minimum Gasteiger partial charge on any atom is -0.466 e. The Hall–Kier alpha value is -1.76. The SMILES string of the molecule is CCOC(=O)[C@H]1C2CCC(CC2)[C@@H]1Nc1nc(Cl)nc(C2(C=NC)CC2)c1F. The number of nitrogens with zero attached hydrogens (tertiary/aromatic N) is 3. The summed E-state index contributed by atoms with van der Waals surface area (Å²) in [5.74, 6) is -0.335. The van der Waals surface area contributed by atoms with Crippen LogP contribution in [0.1, 0.15) is 51.1 Å².